The summed E-state index contributed by atoms with van der Waals surface area (Å²) in [5.74, 6) is -2.06. The van der Waals surface area contributed by atoms with Crippen LogP contribution in [0.25, 0.3) is 33.1 Å². The Morgan fingerprint density at radius 3 is 2.39 bits per heavy atom. The minimum Gasteiger partial charge on any atom is -0.481 e. The zero-order valence-electron chi connectivity index (χ0n) is 15.2. The minimum atomic E-state index is -1.08. The molecule has 0 atom stereocenters. The predicted octanol–water partition coefficient (Wildman–Crippen LogP) is 4.11. The third-order valence-electron chi connectivity index (χ3n) is 4.95. The zero-order chi connectivity index (χ0) is 19.8. The molecule has 0 aliphatic carbocycles. The summed E-state index contributed by atoms with van der Waals surface area (Å²) in [7, 11) is 1.92. The van der Waals surface area contributed by atoms with Crippen LogP contribution in [0.4, 0.5) is 0 Å². The van der Waals surface area contributed by atoms with Gasteiger partial charge in [0.15, 0.2) is 0 Å². The molecule has 0 aliphatic rings. The average Bonchev–Trinajstić information content (AvgIpc) is 3.01. The molecule has 0 aliphatic heterocycles. The Morgan fingerprint density at radius 1 is 1.00 bits per heavy atom. The molecule has 0 fully saturated rings. The van der Waals surface area contributed by atoms with E-state index in [0.717, 1.165) is 16.5 Å². The van der Waals surface area contributed by atoms with Crippen LogP contribution >= 0.6 is 0 Å². The lowest BCUT2D eigenvalue weighted by Gasteiger charge is -2.14. The van der Waals surface area contributed by atoms with Crippen LogP contribution in [0.1, 0.15) is 22.3 Å². The highest BCUT2D eigenvalue weighted by atomic mass is 16.4. The van der Waals surface area contributed by atoms with E-state index in [1.807, 2.05) is 48.1 Å². The third kappa shape index (κ3) is 2.89. The Kier molecular flexibility index (Phi) is 4.31. The summed E-state index contributed by atoms with van der Waals surface area (Å²) in [5.41, 5.74) is 3.45. The lowest BCUT2D eigenvalue weighted by molar-refractivity contribution is -0.136. The number of carbonyl (C=O) groups is 2. The molecule has 6 nitrogen and oxygen atoms in total. The summed E-state index contributed by atoms with van der Waals surface area (Å²) >= 11 is 0. The fourth-order valence-electron chi connectivity index (χ4n) is 3.72. The van der Waals surface area contributed by atoms with Crippen molar-refractivity contribution in [3.05, 3.63) is 65.9 Å². The van der Waals surface area contributed by atoms with Crippen LogP contribution in [0.5, 0.6) is 0 Å². The maximum atomic E-state index is 12.2. The number of nitrogens with zero attached hydrogens (tertiary/aromatic N) is 2. The first-order valence-electron chi connectivity index (χ1n) is 8.88. The average molecular weight is 374 g/mol. The van der Waals surface area contributed by atoms with Crippen LogP contribution in [0, 0.1) is 0 Å². The van der Waals surface area contributed by atoms with Crippen molar-refractivity contribution in [2.24, 2.45) is 7.05 Å². The van der Waals surface area contributed by atoms with Crippen LogP contribution in [-0.4, -0.2) is 31.7 Å². The van der Waals surface area contributed by atoms with Crippen LogP contribution in [0.15, 0.2) is 54.7 Å². The van der Waals surface area contributed by atoms with Gasteiger partial charge in [0.25, 0.3) is 0 Å². The molecule has 0 spiro atoms. The standard InChI is InChI=1S/C22H18N2O4/c1-24-12-16(13-6-3-5-9-18(13)24)21-15(10-11-19(25)26)20(22(27)28)14-7-2-4-8-17(14)23-21/h2-9,12H,10-11H2,1H3,(H,25,26)(H,27,28). The third-order valence-corrected chi connectivity index (χ3v) is 4.95. The molecule has 0 saturated carbocycles. The topological polar surface area (TPSA) is 92.4 Å². The summed E-state index contributed by atoms with van der Waals surface area (Å²) in [5, 5.41) is 20.6. The summed E-state index contributed by atoms with van der Waals surface area (Å²) in [6.45, 7) is 0. The molecule has 0 bridgehead atoms. The van der Waals surface area contributed by atoms with Gasteiger partial charge in [-0.15, -0.1) is 0 Å². The van der Waals surface area contributed by atoms with Crippen LogP contribution in [0.3, 0.4) is 0 Å². The summed E-state index contributed by atoms with van der Waals surface area (Å²) in [4.78, 5) is 28.1. The van der Waals surface area contributed by atoms with Crippen LogP contribution in [-0.2, 0) is 18.3 Å². The molecule has 2 aromatic heterocycles. The summed E-state index contributed by atoms with van der Waals surface area (Å²) in [6.07, 6.45) is 1.84. The molecule has 6 heteroatoms. The van der Waals surface area contributed by atoms with Gasteiger partial charge in [-0.3, -0.25) is 4.79 Å². The number of pyridine rings is 1. The van der Waals surface area contributed by atoms with Gasteiger partial charge >= 0.3 is 11.9 Å². The minimum absolute atomic E-state index is 0.0906. The molecule has 2 aromatic carbocycles. The molecule has 4 rings (SSSR count). The van der Waals surface area contributed by atoms with Gasteiger partial charge in [-0.05, 0) is 24.1 Å². The lowest BCUT2D eigenvalue weighted by atomic mass is 9.93. The van der Waals surface area contributed by atoms with Gasteiger partial charge in [-0.2, -0.15) is 0 Å². The Hall–Kier alpha value is -3.67. The first kappa shape index (κ1) is 17.7. The Balaban J connectivity index is 2.10. The van der Waals surface area contributed by atoms with Crippen molar-refractivity contribution in [3.63, 3.8) is 0 Å². The number of aromatic nitrogens is 2. The summed E-state index contributed by atoms with van der Waals surface area (Å²) < 4.78 is 1.96. The van der Waals surface area contributed by atoms with E-state index < -0.39 is 11.9 Å². The second kappa shape index (κ2) is 6.81. The maximum Gasteiger partial charge on any atom is 0.336 e. The number of rotatable bonds is 5. The Bertz CT molecular complexity index is 1240. The molecule has 0 saturated heterocycles. The molecule has 2 heterocycles. The van der Waals surface area contributed by atoms with Gasteiger partial charge in [0.1, 0.15) is 0 Å². The van der Waals surface area contributed by atoms with Crippen molar-refractivity contribution in [2.45, 2.75) is 12.8 Å². The lowest BCUT2D eigenvalue weighted by Crippen LogP contribution is -2.09. The molecule has 140 valence electrons. The van der Waals surface area contributed by atoms with Crippen LogP contribution in [0.2, 0.25) is 0 Å². The molecule has 28 heavy (non-hydrogen) atoms. The maximum absolute atomic E-state index is 12.2. The highest BCUT2D eigenvalue weighted by molar-refractivity contribution is 6.07. The van der Waals surface area contributed by atoms with E-state index in [9.17, 15) is 19.8 Å². The number of carboxylic acid groups (broad SMARTS) is 2. The highest BCUT2D eigenvalue weighted by Crippen LogP contribution is 2.35. The van der Waals surface area contributed by atoms with E-state index in [0.29, 0.717) is 22.2 Å². The van der Waals surface area contributed by atoms with Crippen molar-refractivity contribution in [2.75, 3.05) is 0 Å². The second-order valence-electron chi connectivity index (χ2n) is 6.70. The molecule has 2 N–H and O–H groups in total. The van der Waals surface area contributed by atoms with Gasteiger partial charge < -0.3 is 14.8 Å². The molecule has 0 amide bonds. The first-order chi connectivity index (χ1) is 13.5. The van der Waals surface area contributed by atoms with Gasteiger partial charge in [0, 0.05) is 41.5 Å². The van der Waals surface area contributed by atoms with E-state index in [1.165, 1.54) is 0 Å². The number of benzene rings is 2. The van der Waals surface area contributed by atoms with Crippen LogP contribution < -0.4 is 0 Å². The normalized spacial score (nSPS) is 11.2. The molecule has 0 unspecified atom stereocenters. The predicted molar refractivity (Wildman–Crippen MR) is 107 cm³/mol. The number of fused-ring (bicyclic) bond motifs is 2. The van der Waals surface area contributed by atoms with Gasteiger partial charge in [0.05, 0.1) is 16.8 Å². The Morgan fingerprint density at radius 2 is 1.68 bits per heavy atom. The van der Waals surface area contributed by atoms with E-state index in [-0.39, 0.29) is 18.4 Å². The van der Waals surface area contributed by atoms with Crippen molar-refractivity contribution in [1.29, 1.82) is 0 Å². The number of aliphatic carboxylic acids is 1. The molecular weight excluding hydrogens is 356 g/mol. The second-order valence-corrected chi connectivity index (χ2v) is 6.70. The smallest absolute Gasteiger partial charge is 0.336 e. The van der Waals surface area contributed by atoms with Crippen molar-refractivity contribution in [3.8, 4) is 11.3 Å². The van der Waals surface area contributed by atoms with Crippen molar-refractivity contribution >= 4 is 33.7 Å². The number of aryl methyl sites for hydroxylation is 1. The van der Waals surface area contributed by atoms with E-state index in [2.05, 4.69) is 0 Å². The monoisotopic (exact) mass is 374 g/mol. The highest BCUT2D eigenvalue weighted by Gasteiger charge is 2.23. The van der Waals surface area contributed by atoms with E-state index >= 15 is 0 Å². The number of aromatic carboxylic acids is 1. The van der Waals surface area contributed by atoms with Gasteiger partial charge in [-0.25, -0.2) is 9.78 Å². The SMILES string of the molecule is Cn1cc(-c2nc3ccccc3c(C(=O)O)c2CCC(=O)O)c2ccccc21. The summed E-state index contributed by atoms with van der Waals surface area (Å²) in [6, 6.07) is 14.9. The fourth-order valence-corrected chi connectivity index (χ4v) is 3.72. The fraction of sp³-hybridized carbons (Fsp3) is 0.136. The van der Waals surface area contributed by atoms with Gasteiger partial charge in [-0.1, -0.05) is 36.4 Å². The number of carboxylic acids is 2. The van der Waals surface area contributed by atoms with Gasteiger partial charge in [0.2, 0.25) is 0 Å². The van der Waals surface area contributed by atoms with E-state index in [1.54, 1.807) is 18.2 Å². The number of hydrogen-bond donors (Lipinski definition) is 2. The molecule has 4 aromatic rings. The zero-order valence-corrected chi connectivity index (χ0v) is 15.2. The van der Waals surface area contributed by atoms with Crippen molar-refractivity contribution < 1.29 is 19.8 Å². The number of para-hydroxylation sites is 2. The van der Waals surface area contributed by atoms with Crippen molar-refractivity contribution in [1.82, 2.24) is 9.55 Å². The van der Waals surface area contributed by atoms with E-state index in [4.69, 9.17) is 4.98 Å². The molecule has 0 radical (unpaired) electrons. The quantitative estimate of drug-likeness (QED) is 0.548. The first-order valence-corrected chi connectivity index (χ1v) is 8.88. The largest absolute Gasteiger partial charge is 0.481 e. The Labute approximate surface area is 160 Å². The number of hydrogen-bond acceptors (Lipinski definition) is 3. The molecular formula is C22H18N2O4.